The Hall–Kier alpha value is -2.21. The Morgan fingerprint density at radius 3 is 3.05 bits per heavy atom. The van der Waals surface area contributed by atoms with E-state index in [1.165, 1.54) is 17.4 Å². The minimum absolute atomic E-state index is 0.359. The average Bonchev–Trinajstić information content (AvgIpc) is 2.92. The van der Waals surface area contributed by atoms with E-state index in [9.17, 15) is 4.39 Å². The standard InChI is InChI=1S/C13H11FN4S/c14-10-4-11(15)9-2-1-3-16-12(9)13(10)17-5-8-6-19-7-18-8/h1-4,6-7,17H,5,15H2. The summed E-state index contributed by atoms with van der Waals surface area (Å²) in [6.07, 6.45) is 1.62. The molecule has 3 N–H and O–H groups in total. The molecule has 0 unspecified atom stereocenters. The van der Waals surface area contributed by atoms with Gasteiger partial charge in [0.1, 0.15) is 0 Å². The first-order valence-corrected chi connectivity index (χ1v) is 6.63. The van der Waals surface area contributed by atoms with Gasteiger partial charge in [-0.1, -0.05) is 0 Å². The molecule has 19 heavy (non-hydrogen) atoms. The molecule has 3 rings (SSSR count). The maximum Gasteiger partial charge on any atom is 0.150 e. The number of nitrogens with zero attached hydrogens (tertiary/aromatic N) is 2. The molecule has 0 aliphatic rings. The Balaban J connectivity index is 2.02. The number of hydrogen-bond acceptors (Lipinski definition) is 5. The number of nitrogen functional groups attached to an aromatic ring is 1. The van der Waals surface area contributed by atoms with Crippen molar-refractivity contribution in [2.24, 2.45) is 0 Å². The van der Waals surface area contributed by atoms with Crippen LogP contribution in [0, 0.1) is 5.82 Å². The Bertz CT molecular complexity index is 712. The highest BCUT2D eigenvalue weighted by Crippen LogP contribution is 2.29. The highest BCUT2D eigenvalue weighted by molar-refractivity contribution is 7.07. The fourth-order valence-corrected chi connectivity index (χ4v) is 2.47. The second-order valence-electron chi connectivity index (χ2n) is 4.06. The molecule has 3 aromatic rings. The molecule has 0 atom stereocenters. The topological polar surface area (TPSA) is 63.8 Å². The highest BCUT2D eigenvalue weighted by Gasteiger charge is 2.11. The van der Waals surface area contributed by atoms with Crippen LogP contribution in [-0.2, 0) is 6.54 Å². The number of nitrogens with two attached hydrogens (primary N) is 1. The lowest BCUT2D eigenvalue weighted by Gasteiger charge is -2.11. The third-order valence-corrected chi connectivity index (χ3v) is 3.44. The van der Waals surface area contributed by atoms with Crippen LogP contribution < -0.4 is 11.1 Å². The van der Waals surface area contributed by atoms with Crippen LogP contribution in [0.15, 0.2) is 35.3 Å². The van der Waals surface area contributed by atoms with E-state index >= 15 is 0 Å². The summed E-state index contributed by atoms with van der Waals surface area (Å²) in [7, 11) is 0. The zero-order valence-corrected chi connectivity index (χ0v) is 10.7. The lowest BCUT2D eigenvalue weighted by Crippen LogP contribution is -2.04. The summed E-state index contributed by atoms with van der Waals surface area (Å²) in [5.74, 6) is -0.404. The summed E-state index contributed by atoms with van der Waals surface area (Å²) in [6.45, 7) is 0.454. The van der Waals surface area contributed by atoms with Gasteiger partial charge in [0.25, 0.3) is 0 Å². The van der Waals surface area contributed by atoms with Gasteiger partial charge in [-0.05, 0) is 18.2 Å². The van der Waals surface area contributed by atoms with Crippen molar-refractivity contribution < 1.29 is 4.39 Å². The van der Waals surface area contributed by atoms with Gasteiger partial charge in [0.15, 0.2) is 5.82 Å². The van der Waals surface area contributed by atoms with Gasteiger partial charge in [-0.2, -0.15) is 0 Å². The zero-order chi connectivity index (χ0) is 13.2. The fourth-order valence-electron chi connectivity index (χ4n) is 1.91. The van der Waals surface area contributed by atoms with Crippen LogP contribution in [0.1, 0.15) is 5.69 Å². The third kappa shape index (κ3) is 2.22. The summed E-state index contributed by atoms with van der Waals surface area (Å²) in [6, 6.07) is 4.92. The number of anilines is 2. The number of pyridine rings is 1. The van der Waals surface area contributed by atoms with Crippen molar-refractivity contribution >= 4 is 33.6 Å². The first-order chi connectivity index (χ1) is 9.25. The highest BCUT2D eigenvalue weighted by atomic mass is 32.1. The lowest BCUT2D eigenvalue weighted by molar-refractivity contribution is 0.632. The monoisotopic (exact) mass is 274 g/mol. The molecule has 2 heterocycles. The van der Waals surface area contributed by atoms with Crippen molar-refractivity contribution in [3.63, 3.8) is 0 Å². The first-order valence-electron chi connectivity index (χ1n) is 5.69. The molecule has 0 fully saturated rings. The predicted molar refractivity (Wildman–Crippen MR) is 75.6 cm³/mol. The van der Waals surface area contributed by atoms with Crippen molar-refractivity contribution in [2.75, 3.05) is 11.1 Å². The molecular weight excluding hydrogens is 263 g/mol. The summed E-state index contributed by atoms with van der Waals surface area (Å²) >= 11 is 1.50. The number of rotatable bonds is 3. The van der Waals surface area contributed by atoms with Crippen LogP contribution in [0.3, 0.4) is 0 Å². The Morgan fingerprint density at radius 2 is 2.26 bits per heavy atom. The number of benzene rings is 1. The second-order valence-corrected chi connectivity index (χ2v) is 4.77. The minimum atomic E-state index is -0.404. The average molecular weight is 274 g/mol. The number of aromatic nitrogens is 2. The minimum Gasteiger partial charge on any atom is -0.398 e. The van der Waals surface area contributed by atoms with E-state index in [4.69, 9.17) is 5.73 Å². The number of hydrogen-bond donors (Lipinski definition) is 2. The zero-order valence-electron chi connectivity index (χ0n) is 9.93. The van der Waals surface area contributed by atoms with Gasteiger partial charge in [0, 0.05) is 22.7 Å². The second kappa shape index (κ2) is 4.81. The van der Waals surface area contributed by atoms with E-state index in [1.807, 2.05) is 11.4 Å². The Kier molecular flexibility index (Phi) is 3.00. The van der Waals surface area contributed by atoms with E-state index in [1.54, 1.807) is 17.8 Å². The van der Waals surface area contributed by atoms with Gasteiger partial charge in [-0.25, -0.2) is 9.37 Å². The van der Waals surface area contributed by atoms with Crippen molar-refractivity contribution in [3.8, 4) is 0 Å². The van der Waals surface area contributed by atoms with E-state index in [-0.39, 0.29) is 0 Å². The van der Waals surface area contributed by atoms with E-state index < -0.39 is 5.82 Å². The molecular formula is C13H11FN4S. The Labute approximate surface area is 113 Å². The number of fused-ring (bicyclic) bond motifs is 1. The molecule has 1 aromatic carbocycles. The SMILES string of the molecule is Nc1cc(F)c(NCc2cscn2)c2ncccc12. The summed E-state index contributed by atoms with van der Waals surface area (Å²) < 4.78 is 14.0. The molecule has 0 saturated heterocycles. The maximum atomic E-state index is 14.0. The summed E-state index contributed by atoms with van der Waals surface area (Å²) in [5.41, 5.74) is 9.69. The number of halogens is 1. The molecule has 0 aliphatic heterocycles. The van der Waals surface area contributed by atoms with Gasteiger partial charge in [-0.3, -0.25) is 4.98 Å². The number of nitrogens with one attached hydrogen (secondary N) is 1. The summed E-state index contributed by atoms with van der Waals surface area (Å²) in [4.78, 5) is 8.35. The van der Waals surface area contributed by atoms with E-state index in [0.29, 0.717) is 23.4 Å². The van der Waals surface area contributed by atoms with Crippen LogP contribution in [0.4, 0.5) is 15.8 Å². The third-order valence-electron chi connectivity index (χ3n) is 2.81. The maximum absolute atomic E-state index is 14.0. The molecule has 0 radical (unpaired) electrons. The molecule has 0 saturated carbocycles. The van der Waals surface area contributed by atoms with Crippen molar-refractivity contribution in [1.82, 2.24) is 9.97 Å². The van der Waals surface area contributed by atoms with Crippen LogP contribution in [0.5, 0.6) is 0 Å². The Morgan fingerprint density at radius 1 is 1.37 bits per heavy atom. The molecule has 0 spiro atoms. The largest absolute Gasteiger partial charge is 0.398 e. The lowest BCUT2D eigenvalue weighted by atomic mass is 10.1. The predicted octanol–water partition coefficient (Wildman–Crippen LogP) is 3.02. The molecule has 0 aliphatic carbocycles. The normalized spacial score (nSPS) is 10.8. The summed E-state index contributed by atoms with van der Waals surface area (Å²) in [5, 5.41) is 5.69. The quantitative estimate of drug-likeness (QED) is 0.721. The first kappa shape index (κ1) is 11.9. The molecule has 2 aromatic heterocycles. The van der Waals surface area contributed by atoms with Crippen molar-refractivity contribution in [3.05, 3.63) is 46.8 Å². The van der Waals surface area contributed by atoms with Gasteiger partial charge in [0.05, 0.1) is 29.0 Å². The molecule has 6 heteroatoms. The molecule has 4 nitrogen and oxygen atoms in total. The van der Waals surface area contributed by atoms with E-state index in [0.717, 1.165) is 11.1 Å². The van der Waals surface area contributed by atoms with E-state index in [2.05, 4.69) is 15.3 Å². The van der Waals surface area contributed by atoms with Crippen LogP contribution >= 0.6 is 11.3 Å². The van der Waals surface area contributed by atoms with Gasteiger partial charge < -0.3 is 11.1 Å². The van der Waals surface area contributed by atoms with Crippen LogP contribution in [0.25, 0.3) is 10.9 Å². The van der Waals surface area contributed by atoms with Gasteiger partial charge in [0.2, 0.25) is 0 Å². The van der Waals surface area contributed by atoms with Crippen LogP contribution in [0.2, 0.25) is 0 Å². The van der Waals surface area contributed by atoms with Gasteiger partial charge in [-0.15, -0.1) is 11.3 Å². The molecule has 96 valence electrons. The van der Waals surface area contributed by atoms with Gasteiger partial charge >= 0.3 is 0 Å². The molecule has 0 amide bonds. The molecule has 0 bridgehead atoms. The number of thiazole rings is 1. The smallest absolute Gasteiger partial charge is 0.150 e. The fraction of sp³-hybridized carbons (Fsp3) is 0.0769. The van der Waals surface area contributed by atoms with Crippen LogP contribution in [-0.4, -0.2) is 9.97 Å². The van der Waals surface area contributed by atoms with Crippen molar-refractivity contribution in [2.45, 2.75) is 6.54 Å². The van der Waals surface area contributed by atoms with Crippen molar-refractivity contribution in [1.29, 1.82) is 0 Å².